The topological polar surface area (TPSA) is 64.3 Å². The summed E-state index contributed by atoms with van der Waals surface area (Å²) in [7, 11) is 0. The van der Waals surface area contributed by atoms with Crippen LogP contribution in [0.2, 0.25) is 0 Å². The first-order valence-electron chi connectivity index (χ1n) is 7.64. The minimum absolute atomic E-state index is 0. The first-order valence-corrected chi connectivity index (χ1v) is 7.64. The van der Waals surface area contributed by atoms with Gasteiger partial charge in [-0.3, -0.25) is 4.79 Å². The third kappa shape index (κ3) is 5.93. The zero-order valence-electron chi connectivity index (χ0n) is 14.3. The molecule has 142 valence electrons. The fourth-order valence-electron chi connectivity index (χ4n) is 2.24. The number of carbonyl (C=O) groups is 1. The fourth-order valence-corrected chi connectivity index (χ4v) is 2.24. The van der Waals surface area contributed by atoms with Crippen molar-refractivity contribution >= 4 is 24.0 Å². The van der Waals surface area contributed by atoms with E-state index in [0.717, 1.165) is 17.7 Å². The SMILES string of the molecule is Cc1cccc(OC(C)C(=O)Nc2cc(CN)cc(C(F)(F)F)c2)c1.Cl. The molecular weight excluding hydrogens is 369 g/mol. The highest BCUT2D eigenvalue weighted by molar-refractivity contribution is 5.94. The first kappa shape index (κ1) is 21.8. The molecule has 0 aliphatic heterocycles. The zero-order valence-corrected chi connectivity index (χ0v) is 15.1. The maximum Gasteiger partial charge on any atom is 0.416 e. The van der Waals surface area contributed by atoms with Crippen LogP contribution in [0.3, 0.4) is 0 Å². The lowest BCUT2D eigenvalue weighted by molar-refractivity contribution is -0.137. The van der Waals surface area contributed by atoms with Gasteiger partial charge in [0.2, 0.25) is 0 Å². The fraction of sp³-hybridized carbons (Fsp3) is 0.278. The lowest BCUT2D eigenvalue weighted by Gasteiger charge is -2.16. The normalized spacial score (nSPS) is 12.1. The highest BCUT2D eigenvalue weighted by atomic mass is 35.5. The van der Waals surface area contributed by atoms with Gasteiger partial charge >= 0.3 is 6.18 Å². The number of benzene rings is 2. The molecule has 0 heterocycles. The van der Waals surface area contributed by atoms with Gasteiger partial charge < -0.3 is 15.8 Å². The highest BCUT2D eigenvalue weighted by Gasteiger charge is 2.31. The van der Waals surface area contributed by atoms with Crippen molar-refractivity contribution in [1.82, 2.24) is 0 Å². The smallest absolute Gasteiger partial charge is 0.416 e. The Kier molecular flexibility index (Phi) is 7.47. The van der Waals surface area contributed by atoms with Crippen molar-refractivity contribution < 1.29 is 22.7 Å². The summed E-state index contributed by atoms with van der Waals surface area (Å²) in [6.07, 6.45) is -5.40. The number of aryl methyl sites for hydroxylation is 1. The minimum Gasteiger partial charge on any atom is -0.481 e. The van der Waals surface area contributed by atoms with E-state index >= 15 is 0 Å². The molecule has 3 N–H and O–H groups in total. The molecule has 1 amide bonds. The number of nitrogens with one attached hydrogen (secondary N) is 1. The van der Waals surface area contributed by atoms with Gasteiger partial charge in [-0.25, -0.2) is 0 Å². The zero-order chi connectivity index (χ0) is 18.6. The van der Waals surface area contributed by atoms with Crippen LogP contribution in [-0.2, 0) is 17.5 Å². The second kappa shape index (κ2) is 8.91. The van der Waals surface area contributed by atoms with Crippen LogP contribution >= 0.6 is 12.4 Å². The van der Waals surface area contributed by atoms with E-state index in [1.165, 1.54) is 13.0 Å². The molecule has 0 aliphatic rings. The number of hydrogen-bond donors (Lipinski definition) is 2. The maximum atomic E-state index is 12.9. The molecular formula is C18H20ClF3N2O2. The largest absolute Gasteiger partial charge is 0.481 e. The summed E-state index contributed by atoms with van der Waals surface area (Å²) in [5.41, 5.74) is 5.84. The lowest BCUT2D eigenvalue weighted by atomic mass is 10.1. The number of nitrogens with two attached hydrogens (primary N) is 1. The van der Waals surface area contributed by atoms with Gasteiger partial charge in [-0.1, -0.05) is 12.1 Å². The Morgan fingerprint density at radius 3 is 2.50 bits per heavy atom. The standard InChI is InChI=1S/C18H19F3N2O2.ClH/c1-11-4-3-5-16(6-11)25-12(2)17(24)23-15-8-13(10-22)7-14(9-15)18(19,20)21;/h3-9,12H,10,22H2,1-2H3,(H,23,24);1H. The summed E-state index contributed by atoms with van der Waals surface area (Å²) in [6, 6.07) is 10.4. The van der Waals surface area contributed by atoms with Crippen molar-refractivity contribution in [3.63, 3.8) is 0 Å². The van der Waals surface area contributed by atoms with Gasteiger partial charge in [0.05, 0.1) is 5.56 Å². The van der Waals surface area contributed by atoms with E-state index in [9.17, 15) is 18.0 Å². The molecule has 0 saturated carbocycles. The molecule has 0 saturated heterocycles. The number of anilines is 1. The van der Waals surface area contributed by atoms with Gasteiger partial charge in [-0.2, -0.15) is 13.2 Å². The second-order valence-corrected chi connectivity index (χ2v) is 5.69. The molecule has 4 nitrogen and oxygen atoms in total. The Balaban J connectivity index is 0.00000338. The quantitative estimate of drug-likeness (QED) is 0.802. The van der Waals surface area contributed by atoms with Crippen LogP contribution < -0.4 is 15.8 Å². The first-order chi connectivity index (χ1) is 11.7. The molecule has 1 atom stereocenters. The molecule has 26 heavy (non-hydrogen) atoms. The molecule has 0 bridgehead atoms. The Morgan fingerprint density at radius 2 is 1.92 bits per heavy atom. The number of rotatable bonds is 5. The Labute approximate surface area is 155 Å². The molecule has 2 aromatic carbocycles. The number of alkyl halides is 3. The van der Waals surface area contributed by atoms with Crippen molar-refractivity contribution in [3.8, 4) is 5.75 Å². The van der Waals surface area contributed by atoms with E-state index < -0.39 is 23.8 Å². The average Bonchev–Trinajstić information content (AvgIpc) is 2.53. The summed E-state index contributed by atoms with van der Waals surface area (Å²) in [4.78, 5) is 12.2. The second-order valence-electron chi connectivity index (χ2n) is 5.69. The summed E-state index contributed by atoms with van der Waals surface area (Å²) < 4.78 is 44.3. The maximum absolute atomic E-state index is 12.9. The van der Waals surface area contributed by atoms with Crippen molar-refractivity contribution in [1.29, 1.82) is 0 Å². The minimum atomic E-state index is -4.52. The van der Waals surface area contributed by atoms with Gasteiger partial charge in [0, 0.05) is 12.2 Å². The monoisotopic (exact) mass is 388 g/mol. The molecule has 8 heteroatoms. The molecule has 2 rings (SSSR count). The average molecular weight is 389 g/mol. The Bertz CT molecular complexity index is 766. The van der Waals surface area contributed by atoms with Crippen molar-refractivity contribution in [2.75, 3.05) is 5.32 Å². The highest BCUT2D eigenvalue weighted by Crippen LogP contribution is 2.32. The van der Waals surface area contributed by atoms with Gasteiger partial charge in [0.25, 0.3) is 5.91 Å². The van der Waals surface area contributed by atoms with Crippen LogP contribution in [0, 0.1) is 6.92 Å². The third-order valence-electron chi connectivity index (χ3n) is 3.49. The van der Waals surface area contributed by atoms with E-state index in [4.69, 9.17) is 10.5 Å². The lowest BCUT2D eigenvalue weighted by Crippen LogP contribution is -2.30. The molecule has 2 aromatic rings. The summed E-state index contributed by atoms with van der Waals surface area (Å²) in [5.74, 6) is -0.0434. The van der Waals surface area contributed by atoms with Crippen molar-refractivity contribution in [2.24, 2.45) is 5.73 Å². The van der Waals surface area contributed by atoms with Crippen LogP contribution in [0.5, 0.6) is 5.75 Å². The molecule has 0 aromatic heterocycles. The number of carbonyl (C=O) groups excluding carboxylic acids is 1. The molecule has 0 fully saturated rings. The van der Waals surface area contributed by atoms with Gasteiger partial charge in [-0.15, -0.1) is 12.4 Å². The van der Waals surface area contributed by atoms with Gasteiger partial charge in [0.1, 0.15) is 5.75 Å². The van der Waals surface area contributed by atoms with Crippen molar-refractivity contribution in [2.45, 2.75) is 32.7 Å². The predicted molar refractivity (Wildman–Crippen MR) is 96.5 cm³/mol. The van der Waals surface area contributed by atoms with E-state index in [-0.39, 0.29) is 30.2 Å². The summed E-state index contributed by atoms with van der Waals surface area (Å²) in [5, 5.41) is 2.44. The summed E-state index contributed by atoms with van der Waals surface area (Å²) in [6.45, 7) is 3.34. The van der Waals surface area contributed by atoms with Crippen LogP contribution in [0.1, 0.15) is 23.6 Å². The molecule has 0 spiro atoms. The van der Waals surface area contributed by atoms with Crippen LogP contribution in [0.15, 0.2) is 42.5 Å². The predicted octanol–water partition coefficient (Wildman–Crippen LogP) is 4.30. The van der Waals surface area contributed by atoms with Crippen molar-refractivity contribution in [3.05, 3.63) is 59.2 Å². The molecule has 0 radical (unpaired) electrons. The van der Waals surface area contributed by atoms with Gasteiger partial charge in [-0.05, 0) is 55.3 Å². The van der Waals surface area contributed by atoms with E-state index in [1.807, 2.05) is 13.0 Å². The third-order valence-corrected chi connectivity index (χ3v) is 3.49. The number of amides is 1. The summed E-state index contributed by atoms with van der Waals surface area (Å²) >= 11 is 0. The number of hydrogen-bond acceptors (Lipinski definition) is 3. The van der Waals surface area contributed by atoms with Crippen LogP contribution in [-0.4, -0.2) is 12.0 Å². The molecule has 0 aliphatic carbocycles. The Morgan fingerprint density at radius 1 is 1.23 bits per heavy atom. The number of ether oxygens (including phenoxy) is 1. The van der Waals surface area contributed by atoms with Crippen LogP contribution in [0.25, 0.3) is 0 Å². The van der Waals surface area contributed by atoms with E-state index in [1.54, 1.807) is 18.2 Å². The molecule has 1 unspecified atom stereocenters. The van der Waals surface area contributed by atoms with E-state index in [0.29, 0.717) is 5.75 Å². The van der Waals surface area contributed by atoms with Gasteiger partial charge in [0.15, 0.2) is 6.10 Å². The number of halogens is 4. The van der Waals surface area contributed by atoms with Crippen LogP contribution in [0.4, 0.5) is 18.9 Å². The van der Waals surface area contributed by atoms with E-state index in [2.05, 4.69) is 5.32 Å². The Hall–Kier alpha value is -2.25.